The van der Waals surface area contributed by atoms with Crippen LogP contribution < -0.4 is 5.32 Å². The molecule has 2 aliphatic rings. The number of halogens is 4. The van der Waals surface area contributed by atoms with Crippen molar-refractivity contribution in [3.63, 3.8) is 0 Å². The third-order valence-corrected chi connectivity index (χ3v) is 9.76. The van der Waals surface area contributed by atoms with Gasteiger partial charge in [-0.05, 0) is 62.1 Å². The monoisotopic (exact) mass is 501 g/mol. The zero-order valence-electron chi connectivity index (χ0n) is 17.7. The first-order chi connectivity index (χ1) is 15.4. The highest BCUT2D eigenvalue weighted by atomic mass is 35.5. The van der Waals surface area contributed by atoms with Crippen LogP contribution in [0.1, 0.15) is 49.4 Å². The van der Waals surface area contributed by atoms with Gasteiger partial charge in [0.15, 0.2) is 27.3 Å². The number of fused-ring (bicyclic) bond motifs is 2. The summed E-state index contributed by atoms with van der Waals surface area (Å²) in [6, 6.07) is 4.96. The summed E-state index contributed by atoms with van der Waals surface area (Å²) >= 11 is 6.22. The summed E-state index contributed by atoms with van der Waals surface area (Å²) in [5.41, 5.74) is -1.28. The number of nitrogens with one attached hydrogen (secondary N) is 1. The van der Waals surface area contributed by atoms with E-state index in [-0.39, 0.29) is 33.0 Å². The van der Waals surface area contributed by atoms with Crippen molar-refractivity contribution in [1.82, 2.24) is 0 Å². The Labute approximate surface area is 194 Å². The molecule has 2 aliphatic carbocycles. The number of rotatable bonds is 5. The first kappa shape index (κ1) is 24.0. The van der Waals surface area contributed by atoms with E-state index in [4.69, 9.17) is 11.6 Å². The lowest BCUT2D eigenvalue weighted by Gasteiger charge is -2.40. The minimum Gasteiger partial charge on any atom is -0.390 e. The molecule has 2 fully saturated rings. The Kier molecular flexibility index (Phi) is 6.26. The van der Waals surface area contributed by atoms with Crippen molar-refractivity contribution in [2.45, 2.75) is 54.8 Å². The summed E-state index contributed by atoms with van der Waals surface area (Å²) in [5, 5.41) is 12.2. The van der Waals surface area contributed by atoms with E-state index in [9.17, 15) is 31.5 Å². The fraction of sp³-hybridized carbons (Fsp3) is 0.435. The number of aliphatic hydroxyl groups is 1. The fourth-order valence-electron chi connectivity index (χ4n) is 5.27. The van der Waals surface area contributed by atoms with Crippen LogP contribution in [0.3, 0.4) is 0 Å². The number of anilines is 1. The predicted molar refractivity (Wildman–Crippen MR) is 117 cm³/mol. The van der Waals surface area contributed by atoms with Crippen molar-refractivity contribution in [2.24, 2.45) is 11.8 Å². The van der Waals surface area contributed by atoms with Gasteiger partial charge in [-0.3, -0.25) is 4.79 Å². The second-order valence-electron chi connectivity index (χ2n) is 8.95. The second kappa shape index (κ2) is 8.60. The van der Waals surface area contributed by atoms with Crippen molar-refractivity contribution in [3.8, 4) is 0 Å². The lowest BCUT2D eigenvalue weighted by atomic mass is 9.76. The molecule has 5 nitrogen and oxygen atoms in total. The van der Waals surface area contributed by atoms with Gasteiger partial charge in [-0.15, -0.1) is 0 Å². The van der Waals surface area contributed by atoms with E-state index in [1.165, 1.54) is 12.1 Å². The Bertz CT molecular complexity index is 1180. The Morgan fingerprint density at radius 3 is 2.24 bits per heavy atom. The van der Waals surface area contributed by atoms with Crippen LogP contribution in [-0.4, -0.2) is 30.3 Å². The van der Waals surface area contributed by atoms with Crippen LogP contribution in [0.4, 0.5) is 18.9 Å². The Balaban J connectivity index is 1.63. The standard InChI is InChI=1S/C23H23ClF3NO4S/c1-2-23(30)10-13-3-4-14(11-23)21(13)33(31,32)19-7-12(5-6-16(19)24)22(29)28-15-8-17(25)20(27)18(26)9-15/h5-9,13-14,21,30H,2-4,10-11H2,1H3,(H,28,29)/t13-,14?,21?,23?/m0/s1. The van der Waals surface area contributed by atoms with Crippen molar-refractivity contribution in [3.05, 3.63) is 58.4 Å². The minimum absolute atomic E-state index is 0.0406. The average Bonchev–Trinajstić information content (AvgIpc) is 3.05. The number of hydrogen-bond acceptors (Lipinski definition) is 4. The molecular formula is C23H23ClF3NO4S. The molecule has 0 radical (unpaired) electrons. The van der Waals surface area contributed by atoms with Crippen molar-refractivity contribution >= 4 is 33.0 Å². The summed E-state index contributed by atoms with van der Waals surface area (Å²) in [7, 11) is -3.93. The molecule has 3 unspecified atom stereocenters. The summed E-state index contributed by atoms with van der Waals surface area (Å²) in [6.07, 6.45) is 2.72. The molecule has 0 spiro atoms. The molecule has 0 saturated heterocycles. The topological polar surface area (TPSA) is 83.5 Å². The number of amides is 1. The van der Waals surface area contributed by atoms with Gasteiger partial charge in [0.1, 0.15) is 0 Å². The van der Waals surface area contributed by atoms with Gasteiger partial charge in [0.05, 0.1) is 20.8 Å². The van der Waals surface area contributed by atoms with Crippen molar-refractivity contribution in [1.29, 1.82) is 0 Å². The van der Waals surface area contributed by atoms with E-state index in [0.29, 0.717) is 44.2 Å². The molecule has 33 heavy (non-hydrogen) atoms. The normalized spacial score (nSPS) is 26.9. The predicted octanol–water partition coefficient (Wildman–Crippen LogP) is 5.11. The Morgan fingerprint density at radius 1 is 1.12 bits per heavy atom. The van der Waals surface area contributed by atoms with Crippen molar-refractivity contribution < 1.29 is 31.5 Å². The summed E-state index contributed by atoms with van der Waals surface area (Å²) < 4.78 is 67.2. The summed E-state index contributed by atoms with van der Waals surface area (Å²) in [4.78, 5) is 12.4. The molecule has 2 saturated carbocycles. The molecule has 178 valence electrons. The highest BCUT2D eigenvalue weighted by molar-refractivity contribution is 7.92. The van der Waals surface area contributed by atoms with Gasteiger partial charge < -0.3 is 10.4 Å². The average molecular weight is 502 g/mol. The number of carbonyl (C=O) groups excluding carboxylic acids is 1. The maximum Gasteiger partial charge on any atom is 0.255 e. The summed E-state index contributed by atoms with van der Waals surface area (Å²) in [5.74, 6) is -5.85. The number of benzene rings is 2. The van der Waals surface area contributed by atoms with E-state index >= 15 is 0 Å². The Hall–Kier alpha value is -2.10. The largest absolute Gasteiger partial charge is 0.390 e. The molecule has 2 aromatic carbocycles. The maximum atomic E-state index is 13.6. The van der Waals surface area contributed by atoms with Crippen molar-refractivity contribution in [2.75, 3.05) is 5.32 Å². The molecule has 2 bridgehead atoms. The molecule has 4 atom stereocenters. The zero-order valence-corrected chi connectivity index (χ0v) is 19.3. The number of sulfone groups is 1. The minimum atomic E-state index is -3.93. The van der Waals surface area contributed by atoms with Crippen LogP contribution in [0.15, 0.2) is 35.2 Å². The fourth-order valence-corrected chi connectivity index (χ4v) is 8.12. The van der Waals surface area contributed by atoms with E-state index in [0.717, 1.165) is 6.07 Å². The van der Waals surface area contributed by atoms with Gasteiger partial charge in [-0.1, -0.05) is 18.5 Å². The molecule has 0 aliphatic heterocycles. The van der Waals surface area contributed by atoms with Crippen LogP contribution in [-0.2, 0) is 9.84 Å². The van der Waals surface area contributed by atoms with Crippen LogP contribution in [0.5, 0.6) is 0 Å². The van der Waals surface area contributed by atoms with Gasteiger partial charge in [0.25, 0.3) is 5.91 Å². The van der Waals surface area contributed by atoms with E-state index in [1.807, 2.05) is 6.92 Å². The van der Waals surface area contributed by atoms with E-state index in [2.05, 4.69) is 5.32 Å². The van der Waals surface area contributed by atoms with Gasteiger partial charge in [-0.25, -0.2) is 21.6 Å². The van der Waals surface area contributed by atoms with E-state index < -0.39 is 44.0 Å². The lowest BCUT2D eigenvalue weighted by Crippen LogP contribution is -2.45. The zero-order chi connectivity index (χ0) is 24.1. The maximum absolute atomic E-state index is 13.6. The molecule has 2 aromatic rings. The molecule has 4 rings (SSSR count). The molecule has 10 heteroatoms. The Morgan fingerprint density at radius 2 is 1.70 bits per heavy atom. The number of hydrogen-bond donors (Lipinski definition) is 2. The SMILES string of the molecule is CCC1(O)CC2CC[C@@H](C1)C2S(=O)(=O)c1cc(C(=O)Nc2cc(F)c(F)c(F)c2)ccc1Cl. The third kappa shape index (κ3) is 4.38. The van der Waals surface area contributed by atoms with Gasteiger partial charge in [0, 0.05) is 23.4 Å². The molecular weight excluding hydrogens is 479 g/mol. The van der Waals surface area contributed by atoms with Crippen LogP contribution in [0, 0.1) is 29.3 Å². The second-order valence-corrected chi connectivity index (χ2v) is 11.4. The third-order valence-electron chi connectivity index (χ3n) is 6.88. The van der Waals surface area contributed by atoms with E-state index in [1.54, 1.807) is 0 Å². The quantitative estimate of drug-likeness (QED) is 0.557. The van der Waals surface area contributed by atoms with Crippen LogP contribution in [0.2, 0.25) is 5.02 Å². The molecule has 1 amide bonds. The number of carbonyl (C=O) groups is 1. The highest BCUT2D eigenvalue weighted by Crippen LogP contribution is 2.52. The first-order valence-corrected chi connectivity index (χ1v) is 12.6. The highest BCUT2D eigenvalue weighted by Gasteiger charge is 2.53. The molecule has 0 heterocycles. The lowest BCUT2D eigenvalue weighted by molar-refractivity contribution is -0.0219. The molecule has 2 N–H and O–H groups in total. The van der Waals surface area contributed by atoms with Crippen LogP contribution in [0.25, 0.3) is 0 Å². The smallest absolute Gasteiger partial charge is 0.255 e. The van der Waals surface area contributed by atoms with Gasteiger partial charge in [-0.2, -0.15) is 0 Å². The van der Waals surface area contributed by atoms with Gasteiger partial charge >= 0.3 is 0 Å². The first-order valence-electron chi connectivity index (χ1n) is 10.7. The van der Waals surface area contributed by atoms with Crippen LogP contribution >= 0.6 is 11.6 Å². The summed E-state index contributed by atoms with van der Waals surface area (Å²) in [6.45, 7) is 1.88. The van der Waals surface area contributed by atoms with Gasteiger partial charge in [0.2, 0.25) is 0 Å². The molecule has 0 aromatic heterocycles.